The number of rotatable bonds is 4. The van der Waals surface area contributed by atoms with E-state index in [-0.39, 0.29) is 5.60 Å². The molecule has 0 saturated carbocycles. The average molecular weight is 331 g/mol. The van der Waals surface area contributed by atoms with Gasteiger partial charge in [-0.15, -0.1) is 0 Å². The molecule has 0 aromatic carbocycles. The monoisotopic (exact) mass is 331 g/mol. The molecule has 0 radical (unpaired) electrons. The fourth-order valence-electron chi connectivity index (χ4n) is 4.21. The number of ether oxygens (including phenoxy) is 1. The lowest BCUT2D eigenvalue weighted by Crippen LogP contribution is -2.65. The number of nitrogens with zero attached hydrogens (tertiary/aromatic N) is 5. The van der Waals surface area contributed by atoms with Crippen LogP contribution in [-0.4, -0.2) is 73.9 Å². The summed E-state index contributed by atoms with van der Waals surface area (Å²) in [5.41, 5.74) is 0.0741. The van der Waals surface area contributed by atoms with E-state index in [1.165, 1.54) is 45.3 Å². The molecule has 0 aliphatic carbocycles. The minimum atomic E-state index is 0.0741. The first-order valence-electron chi connectivity index (χ1n) is 9.24. The molecule has 24 heavy (non-hydrogen) atoms. The van der Waals surface area contributed by atoms with Gasteiger partial charge in [0.25, 0.3) is 0 Å². The predicted molar refractivity (Wildman–Crippen MR) is 95.7 cm³/mol. The Balaban J connectivity index is 1.29. The van der Waals surface area contributed by atoms with E-state index >= 15 is 0 Å². The smallest absolute Gasteiger partial charge is 0.134 e. The summed E-state index contributed by atoms with van der Waals surface area (Å²) in [6.45, 7) is 6.67. The topological polar surface area (TPSA) is 44.7 Å². The Kier molecular flexibility index (Phi) is 4.35. The van der Waals surface area contributed by atoms with Gasteiger partial charge in [0.2, 0.25) is 0 Å². The summed E-state index contributed by atoms with van der Waals surface area (Å²) in [5, 5.41) is 0. The molecule has 1 aromatic rings. The van der Waals surface area contributed by atoms with Gasteiger partial charge in [0.15, 0.2) is 0 Å². The van der Waals surface area contributed by atoms with Gasteiger partial charge >= 0.3 is 0 Å². The van der Waals surface area contributed by atoms with Crippen molar-refractivity contribution >= 4 is 11.6 Å². The van der Waals surface area contributed by atoms with Crippen LogP contribution >= 0.6 is 0 Å². The lowest BCUT2D eigenvalue weighted by molar-refractivity contribution is -0.119. The highest BCUT2D eigenvalue weighted by Gasteiger charge is 2.47. The Bertz CT molecular complexity index is 556. The van der Waals surface area contributed by atoms with Crippen LogP contribution in [-0.2, 0) is 4.74 Å². The zero-order valence-electron chi connectivity index (χ0n) is 14.9. The van der Waals surface area contributed by atoms with E-state index in [1.54, 1.807) is 6.33 Å². The number of aromatic nitrogens is 2. The van der Waals surface area contributed by atoms with Crippen LogP contribution in [0, 0.1) is 5.92 Å². The maximum atomic E-state index is 6.33. The van der Waals surface area contributed by atoms with Crippen molar-refractivity contribution in [1.29, 1.82) is 0 Å². The van der Waals surface area contributed by atoms with Gasteiger partial charge in [-0.1, -0.05) is 0 Å². The van der Waals surface area contributed by atoms with Gasteiger partial charge in [-0.25, -0.2) is 9.97 Å². The van der Waals surface area contributed by atoms with Crippen LogP contribution in [0.1, 0.15) is 25.7 Å². The van der Waals surface area contributed by atoms with Crippen LogP contribution < -0.4 is 9.80 Å². The van der Waals surface area contributed by atoms with Crippen LogP contribution in [0.4, 0.5) is 11.6 Å². The molecule has 1 atom stereocenters. The first kappa shape index (κ1) is 16.1. The molecular formula is C18H29N5O. The Morgan fingerprint density at radius 1 is 1.25 bits per heavy atom. The number of anilines is 2. The Morgan fingerprint density at radius 2 is 2.04 bits per heavy atom. The summed E-state index contributed by atoms with van der Waals surface area (Å²) in [4.78, 5) is 15.7. The van der Waals surface area contributed by atoms with Gasteiger partial charge in [-0.05, 0) is 44.7 Å². The second-order valence-electron chi connectivity index (χ2n) is 7.89. The van der Waals surface area contributed by atoms with Gasteiger partial charge in [0, 0.05) is 26.7 Å². The zero-order valence-corrected chi connectivity index (χ0v) is 14.9. The molecule has 0 bridgehead atoms. The summed E-state index contributed by atoms with van der Waals surface area (Å²) in [7, 11) is 4.02. The SMILES string of the molecule is CN(C)c1cc(N2CC3(CC[C@@H](CN4CCCC4)CO3)C2)ncn1. The maximum absolute atomic E-state index is 6.33. The molecule has 132 valence electrons. The summed E-state index contributed by atoms with van der Waals surface area (Å²) in [5.74, 6) is 2.69. The standard InChI is InChI=1S/C18H29N5O/c1-21(2)16-9-17(20-14-19-16)23-12-18(13-23)6-5-15(11-24-18)10-22-7-3-4-8-22/h9,14-15H,3-8,10-13H2,1-2H3/t15-/m0/s1. The quantitative estimate of drug-likeness (QED) is 0.835. The number of likely N-dealkylation sites (tertiary alicyclic amines) is 1. The van der Waals surface area contributed by atoms with Crippen molar-refractivity contribution in [3.05, 3.63) is 12.4 Å². The van der Waals surface area contributed by atoms with E-state index in [2.05, 4.69) is 25.8 Å². The summed E-state index contributed by atoms with van der Waals surface area (Å²) in [6, 6.07) is 2.06. The molecule has 3 aliphatic heterocycles. The molecule has 3 aliphatic rings. The van der Waals surface area contributed by atoms with Gasteiger partial charge in [0.1, 0.15) is 23.6 Å². The largest absolute Gasteiger partial charge is 0.371 e. The summed E-state index contributed by atoms with van der Waals surface area (Å²) in [6.07, 6.45) is 6.90. The highest BCUT2D eigenvalue weighted by atomic mass is 16.5. The van der Waals surface area contributed by atoms with Crippen LogP contribution in [0.15, 0.2) is 12.4 Å². The Hall–Kier alpha value is -1.40. The van der Waals surface area contributed by atoms with Crippen molar-refractivity contribution in [2.75, 3.05) is 63.2 Å². The molecule has 3 fully saturated rings. The third-order valence-corrected chi connectivity index (χ3v) is 5.73. The molecule has 3 saturated heterocycles. The molecule has 6 nitrogen and oxygen atoms in total. The van der Waals surface area contributed by atoms with Gasteiger partial charge in [-0.2, -0.15) is 0 Å². The summed E-state index contributed by atoms with van der Waals surface area (Å²) >= 11 is 0. The van der Waals surface area contributed by atoms with Crippen molar-refractivity contribution < 1.29 is 4.74 Å². The van der Waals surface area contributed by atoms with Crippen LogP contribution in [0.2, 0.25) is 0 Å². The zero-order chi connectivity index (χ0) is 16.6. The number of hydrogen-bond donors (Lipinski definition) is 0. The lowest BCUT2D eigenvalue weighted by Gasteiger charge is -2.53. The van der Waals surface area contributed by atoms with Crippen molar-refractivity contribution in [2.45, 2.75) is 31.3 Å². The van der Waals surface area contributed by atoms with Gasteiger partial charge in [-0.3, -0.25) is 0 Å². The molecule has 0 unspecified atom stereocenters. The van der Waals surface area contributed by atoms with E-state index in [0.29, 0.717) is 0 Å². The fourth-order valence-corrected chi connectivity index (χ4v) is 4.21. The normalized spacial score (nSPS) is 26.6. The van der Waals surface area contributed by atoms with Crippen LogP contribution in [0.25, 0.3) is 0 Å². The Labute approximate surface area is 144 Å². The molecular weight excluding hydrogens is 302 g/mol. The second kappa shape index (κ2) is 6.48. The first-order chi connectivity index (χ1) is 11.6. The Morgan fingerprint density at radius 3 is 2.71 bits per heavy atom. The predicted octanol–water partition coefficient (Wildman–Crippen LogP) is 1.62. The molecule has 6 heteroatoms. The van der Waals surface area contributed by atoms with E-state index in [1.807, 2.05) is 19.0 Å². The third kappa shape index (κ3) is 3.22. The van der Waals surface area contributed by atoms with E-state index in [4.69, 9.17) is 4.74 Å². The van der Waals surface area contributed by atoms with Crippen LogP contribution in [0.5, 0.6) is 0 Å². The fraction of sp³-hybridized carbons (Fsp3) is 0.778. The van der Waals surface area contributed by atoms with E-state index in [9.17, 15) is 0 Å². The van der Waals surface area contributed by atoms with Crippen molar-refractivity contribution in [1.82, 2.24) is 14.9 Å². The van der Waals surface area contributed by atoms with Gasteiger partial charge < -0.3 is 19.4 Å². The third-order valence-electron chi connectivity index (χ3n) is 5.73. The van der Waals surface area contributed by atoms with Crippen molar-refractivity contribution in [3.63, 3.8) is 0 Å². The number of hydrogen-bond acceptors (Lipinski definition) is 6. The minimum absolute atomic E-state index is 0.0741. The first-order valence-corrected chi connectivity index (χ1v) is 9.24. The molecule has 4 rings (SSSR count). The van der Waals surface area contributed by atoms with E-state index in [0.717, 1.165) is 37.3 Å². The van der Waals surface area contributed by atoms with Crippen molar-refractivity contribution in [3.8, 4) is 0 Å². The van der Waals surface area contributed by atoms with Crippen molar-refractivity contribution in [2.24, 2.45) is 5.92 Å². The second-order valence-corrected chi connectivity index (χ2v) is 7.89. The van der Waals surface area contributed by atoms with Gasteiger partial charge in [0.05, 0.1) is 19.7 Å². The molecule has 4 heterocycles. The maximum Gasteiger partial charge on any atom is 0.134 e. The highest BCUT2D eigenvalue weighted by Crippen LogP contribution is 2.38. The molecule has 0 N–H and O–H groups in total. The molecule has 1 aromatic heterocycles. The van der Waals surface area contributed by atoms with E-state index < -0.39 is 0 Å². The summed E-state index contributed by atoms with van der Waals surface area (Å²) < 4.78 is 6.33. The highest BCUT2D eigenvalue weighted by molar-refractivity contribution is 5.52. The molecule has 1 spiro atoms. The average Bonchev–Trinajstić information content (AvgIpc) is 3.07. The minimum Gasteiger partial charge on any atom is -0.371 e. The lowest BCUT2D eigenvalue weighted by atomic mass is 9.83. The molecule has 0 amide bonds. The van der Waals surface area contributed by atoms with Crippen LogP contribution in [0.3, 0.4) is 0 Å².